The second-order valence-electron chi connectivity index (χ2n) is 5.20. The zero-order valence-corrected chi connectivity index (χ0v) is 12.3. The maximum Gasteiger partial charge on any atom is 0.336 e. The Bertz CT molecular complexity index is 956. The largest absolute Gasteiger partial charge is 0.478 e. The summed E-state index contributed by atoms with van der Waals surface area (Å²) < 4.78 is 0. The molecular weight excluding hydrogens is 310 g/mol. The molecule has 0 spiro atoms. The number of ketones is 2. The van der Waals surface area contributed by atoms with Crippen LogP contribution in [-0.2, 0) is 9.59 Å². The van der Waals surface area contributed by atoms with Crippen LogP contribution in [0.5, 0.6) is 0 Å². The van der Waals surface area contributed by atoms with E-state index in [1.807, 2.05) is 0 Å². The van der Waals surface area contributed by atoms with Gasteiger partial charge in [-0.2, -0.15) is 0 Å². The molecule has 0 aliphatic heterocycles. The molecule has 2 aromatic rings. The smallest absolute Gasteiger partial charge is 0.336 e. The average molecular weight is 321 g/mol. The van der Waals surface area contributed by atoms with E-state index in [1.54, 1.807) is 18.2 Å². The van der Waals surface area contributed by atoms with Crippen molar-refractivity contribution in [1.29, 1.82) is 0 Å². The third-order valence-electron chi connectivity index (χ3n) is 3.76. The highest BCUT2D eigenvalue weighted by Gasteiger charge is 2.32. The van der Waals surface area contributed by atoms with Crippen LogP contribution in [0.2, 0.25) is 0 Å². The summed E-state index contributed by atoms with van der Waals surface area (Å²) in [5, 5.41) is 9.35. The molecule has 118 valence electrons. The van der Waals surface area contributed by atoms with E-state index in [2.05, 4.69) is 0 Å². The van der Waals surface area contributed by atoms with Crippen LogP contribution in [0.15, 0.2) is 48.5 Å². The van der Waals surface area contributed by atoms with Crippen LogP contribution in [0.3, 0.4) is 0 Å². The highest BCUT2D eigenvalue weighted by Crippen LogP contribution is 2.32. The number of hydrogen-bond donors (Lipinski definition) is 2. The van der Waals surface area contributed by atoms with E-state index in [0.717, 1.165) is 6.08 Å². The van der Waals surface area contributed by atoms with Gasteiger partial charge in [-0.3, -0.25) is 14.4 Å². The summed E-state index contributed by atoms with van der Waals surface area (Å²) in [4.78, 5) is 48.0. The van der Waals surface area contributed by atoms with Gasteiger partial charge in [0, 0.05) is 33.9 Å². The molecule has 1 aliphatic rings. The lowest BCUT2D eigenvalue weighted by molar-refractivity contribution is -0.130. The molecule has 3 rings (SSSR count). The van der Waals surface area contributed by atoms with E-state index >= 15 is 0 Å². The van der Waals surface area contributed by atoms with Gasteiger partial charge in [0.25, 0.3) is 0 Å². The van der Waals surface area contributed by atoms with Gasteiger partial charge in [0.05, 0.1) is 5.57 Å². The Hall–Kier alpha value is -3.54. The molecule has 0 fully saturated rings. The molecule has 0 saturated carbocycles. The van der Waals surface area contributed by atoms with Gasteiger partial charge >= 0.3 is 5.97 Å². The number of carbonyl (C=O) groups is 4. The van der Waals surface area contributed by atoms with Crippen molar-refractivity contribution in [2.24, 2.45) is 5.73 Å². The molecule has 1 amide bonds. The number of fused-ring (bicyclic) bond motifs is 2. The number of carboxylic acids is 1. The fourth-order valence-corrected chi connectivity index (χ4v) is 2.77. The zero-order chi connectivity index (χ0) is 17.4. The van der Waals surface area contributed by atoms with Gasteiger partial charge in [-0.1, -0.05) is 42.5 Å². The summed E-state index contributed by atoms with van der Waals surface area (Å²) in [5.41, 5.74) is 5.15. The molecule has 0 saturated heterocycles. The first-order valence-electron chi connectivity index (χ1n) is 6.98. The maximum atomic E-state index is 12.8. The SMILES string of the molecule is NC(=O)C=C(C(=O)O)c1cccc2c1C(=O)c1ccccc1C2=O. The van der Waals surface area contributed by atoms with Crippen molar-refractivity contribution in [3.8, 4) is 0 Å². The number of carboxylic acid groups (broad SMARTS) is 1. The minimum atomic E-state index is -1.42. The molecule has 0 bridgehead atoms. The van der Waals surface area contributed by atoms with Crippen LogP contribution in [-0.4, -0.2) is 28.5 Å². The third kappa shape index (κ3) is 2.30. The van der Waals surface area contributed by atoms with Crippen molar-refractivity contribution in [1.82, 2.24) is 0 Å². The molecule has 0 aromatic heterocycles. The third-order valence-corrected chi connectivity index (χ3v) is 3.76. The summed E-state index contributed by atoms with van der Waals surface area (Å²) in [6.45, 7) is 0. The minimum Gasteiger partial charge on any atom is -0.478 e. The molecule has 0 heterocycles. The Morgan fingerprint density at radius 2 is 1.46 bits per heavy atom. The van der Waals surface area contributed by atoms with Crippen LogP contribution < -0.4 is 5.73 Å². The van der Waals surface area contributed by atoms with Gasteiger partial charge < -0.3 is 10.8 Å². The normalized spacial score (nSPS) is 13.2. The first-order valence-corrected chi connectivity index (χ1v) is 6.98. The first-order chi connectivity index (χ1) is 11.4. The number of nitrogens with two attached hydrogens (primary N) is 1. The van der Waals surface area contributed by atoms with Crippen LogP contribution in [0.4, 0.5) is 0 Å². The van der Waals surface area contributed by atoms with E-state index < -0.39 is 23.2 Å². The van der Waals surface area contributed by atoms with Crippen molar-refractivity contribution in [2.45, 2.75) is 0 Å². The number of rotatable bonds is 3. The molecular formula is C18H11NO5. The fourth-order valence-electron chi connectivity index (χ4n) is 2.77. The summed E-state index contributed by atoms with van der Waals surface area (Å²) in [7, 11) is 0. The predicted molar refractivity (Wildman–Crippen MR) is 84.6 cm³/mol. The van der Waals surface area contributed by atoms with E-state index in [1.165, 1.54) is 24.3 Å². The zero-order valence-electron chi connectivity index (χ0n) is 12.3. The number of amides is 1. The average Bonchev–Trinajstić information content (AvgIpc) is 2.56. The first kappa shape index (κ1) is 15.4. The van der Waals surface area contributed by atoms with Crippen LogP contribution >= 0.6 is 0 Å². The van der Waals surface area contributed by atoms with Gasteiger partial charge in [-0.05, 0) is 0 Å². The molecule has 3 N–H and O–H groups in total. The lowest BCUT2D eigenvalue weighted by atomic mass is 9.80. The molecule has 1 aliphatic carbocycles. The van der Waals surface area contributed by atoms with Crippen LogP contribution in [0, 0.1) is 0 Å². The standard InChI is InChI=1S/C18H11NO5/c19-14(20)8-13(18(23)24)9-6-3-7-12-15(9)17(22)11-5-2-1-4-10(11)16(12)21/h1-8H,(H2,19,20)(H,23,24). The van der Waals surface area contributed by atoms with Crippen molar-refractivity contribution < 1.29 is 24.3 Å². The quantitative estimate of drug-likeness (QED) is 0.708. The number of carbonyl (C=O) groups excluding carboxylic acids is 3. The molecule has 2 aromatic carbocycles. The molecule has 0 unspecified atom stereocenters. The van der Waals surface area contributed by atoms with Gasteiger partial charge in [0.2, 0.25) is 5.91 Å². The van der Waals surface area contributed by atoms with Crippen molar-refractivity contribution >= 4 is 29.0 Å². The topological polar surface area (TPSA) is 115 Å². The van der Waals surface area contributed by atoms with Crippen LogP contribution in [0.1, 0.15) is 37.4 Å². The summed E-state index contributed by atoms with van der Waals surface area (Å²) in [6.07, 6.45) is 0.732. The number of aliphatic carboxylic acids is 1. The molecule has 6 nitrogen and oxygen atoms in total. The van der Waals surface area contributed by atoms with Crippen LogP contribution in [0.25, 0.3) is 5.57 Å². The molecule has 0 atom stereocenters. The van der Waals surface area contributed by atoms with E-state index in [4.69, 9.17) is 5.73 Å². The van der Waals surface area contributed by atoms with E-state index in [0.29, 0.717) is 0 Å². The van der Waals surface area contributed by atoms with Gasteiger partial charge in [-0.25, -0.2) is 4.79 Å². The lowest BCUT2D eigenvalue weighted by Gasteiger charge is -2.20. The number of hydrogen-bond acceptors (Lipinski definition) is 4. The lowest BCUT2D eigenvalue weighted by Crippen LogP contribution is -2.23. The predicted octanol–water partition coefficient (Wildman–Crippen LogP) is 1.42. The van der Waals surface area contributed by atoms with Gasteiger partial charge in [0.1, 0.15) is 0 Å². The summed E-state index contributed by atoms with van der Waals surface area (Å²) >= 11 is 0. The Morgan fingerprint density at radius 3 is 2.04 bits per heavy atom. The van der Waals surface area contributed by atoms with E-state index in [9.17, 15) is 24.3 Å². The number of benzene rings is 2. The van der Waals surface area contributed by atoms with Gasteiger partial charge in [-0.15, -0.1) is 0 Å². The molecule has 24 heavy (non-hydrogen) atoms. The number of primary amides is 1. The summed E-state index contributed by atoms with van der Waals surface area (Å²) in [6, 6.07) is 10.6. The van der Waals surface area contributed by atoms with Crippen molar-refractivity contribution in [3.63, 3.8) is 0 Å². The fraction of sp³-hybridized carbons (Fsp3) is 0. The highest BCUT2D eigenvalue weighted by atomic mass is 16.4. The summed E-state index contributed by atoms with van der Waals surface area (Å²) in [5.74, 6) is -3.21. The van der Waals surface area contributed by atoms with E-state index in [-0.39, 0.29) is 33.6 Å². The second kappa shape index (κ2) is 5.58. The Morgan fingerprint density at radius 1 is 0.875 bits per heavy atom. The van der Waals surface area contributed by atoms with Crippen molar-refractivity contribution in [2.75, 3.05) is 0 Å². The maximum absolute atomic E-state index is 12.8. The van der Waals surface area contributed by atoms with Crippen molar-refractivity contribution in [3.05, 3.63) is 76.4 Å². The Kier molecular flexibility index (Phi) is 3.57. The second-order valence-corrected chi connectivity index (χ2v) is 5.20. The highest BCUT2D eigenvalue weighted by molar-refractivity contribution is 6.32. The monoisotopic (exact) mass is 321 g/mol. The molecule has 0 radical (unpaired) electrons. The Labute approximate surface area is 136 Å². The molecule has 6 heteroatoms. The Balaban J connectivity index is 2.32. The van der Waals surface area contributed by atoms with Gasteiger partial charge in [0.15, 0.2) is 11.6 Å². The minimum absolute atomic E-state index is 0.00773.